The number of aliphatic hydroxyl groups excluding tert-OH is 1. The monoisotopic (exact) mass is 379 g/mol. The zero-order valence-electron chi connectivity index (χ0n) is 9.44. The number of hydrogen-bond acceptors (Lipinski definition) is 5. The Morgan fingerprint density at radius 2 is 1.89 bits per heavy atom. The van der Waals surface area contributed by atoms with Crippen LogP contribution in [-0.2, 0) is 10.1 Å². The fourth-order valence-corrected chi connectivity index (χ4v) is 1.71. The second-order valence-electron chi connectivity index (χ2n) is 3.06. The zero-order chi connectivity index (χ0) is 14.2. The van der Waals surface area contributed by atoms with Gasteiger partial charge in [0.15, 0.2) is 0 Å². The van der Waals surface area contributed by atoms with Crippen molar-refractivity contribution < 1.29 is 23.3 Å². The molecule has 0 atom stereocenters. The third-order valence-corrected chi connectivity index (χ3v) is 2.97. The van der Waals surface area contributed by atoms with Crippen LogP contribution >= 0.6 is 0 Å². The van der Waals surface area contributed by atoms with Gasteiger partial charge in [0, 0.05) is 0 Å². The average molecular weight is 380 g/mol. The zero-order valence-corrected chi connectivity index (χ0v) is 13.1. The fraction of sp³-hybridized carbons (Fsp3) is 0.100. The van der Waals surface area contributed by atoms with Crippen molar-refractivity contribution >= 4 is 39.0 Å². The number of nitrogens with zero attached hydrogens (tertiary/aromatic N) is 1. The van der Waals surface area contributed by atoms with Gasteiger partial charge in [0.2, 0.25) is 0 Å². The number of aryl methyl sites for hydroxylation is 1. The van der Waals surface area contributed by atoms with E-state index in [9.17, 15) is 13.0 Å². The molecular formula is C10H12NO5SSb-. The van der Waals surface area contributed by atoms with Gasteiger partial charge in [-0.15, -0.1) is 0 Å². The minimum absolute atomic E-state index is 0.178. The van der Waals surface area contributed by atoms with E-state index < -0.39 is 10.1 Å². The van der Waals surface area contributed by atoms with Crippen LogP contribution in [0.15, 0.2) is 44.4 Å². The molecule has 0 amide bonds. The second-order valence-corrected chi connectivity index (χ2v) is 5.39. The Bertz CT molecular complexity index is 522. The van der Waals surface area contributed by atoms with Crippen molar-refractivity contribution in [3.8, 4) is 0 Å². The van der Waals surface area contributed by atoms with Crippen LogP contribution in [-0.4, -0.2) is 52.2 Å². The molecule has 0 aromatic heterocycles. The summed E-state index contributed by atoms with van der Waals surface area (Å²) >= 11 is 1.16. The molecular weight excluding hydrogens is 368 g/mol. The summed E-state index contributed by atoms with van der Waals surface area (Å²) in [5.74, 6) is -0.350. The Kier molecular flexibility index (Phi) is 7.66. The summed E-state index contributed by atoms with van der Waals surface area (Å²) in [6.07, 6.45) is 1.32. The summed E-state index contributed by atoms with van der Waals surface area (Å²) in [5.41, 5.74) is 0.928. The van der Waals surface area contributed by atoms with Crippen LogP contribution in [0.4, 0.5) is 0 Å². The summed E-state index contributed by atoms with van der Waals surface area (Å²) in [6.45, 7) is 1.82. The van der Waals surface area contributed by atoms with E-state index in [0.717, 1.165) is 28.6 Å². The van der Waals surface area contributed by atoms with Crippen LogP contribution in [0.2, 0.25) is 0 Å². The first kappa shape index (κ1) is 17.0. The SMILES string of the molecule is Cc1ccc(S(=O)(=O)[O-])cc1.ON=C(O)C=[CH][SbH]. The molecule has 0 aliphatic carbocycles. The molecule has 0 bridgehead atoms. The van der Waals surface area contributed by atoms with E-state index in [1.54, 1.807) is 16.2 Å². The van der Waals surface area contributed by atoms with Gasteiger partial charge in [-0.2, -0.15) is 0 Å². The van der Waals surface area contributed by atoms with Gasteiger partial charge in [0.05, 0.1) is 4.90 Å². The standard InChI is InChI=1S/C7H8O3S.C3H4NO2.Sb.H/c1-6-2-4-7(5-3-6)11(8,9)10;1-2-3(5)4-6;;/h2-5H,1H3,(H,8,9,10);1-2,6H,(H,4,5);;/p-1. The van der Waals surface area contributed by atoms with Crippen LogP contribution in [0.1, 0.15) is 5.56 Å². The number of oxime groups is 1. The molecule has 0 saturated heterocycles. The average Bonchev–Trinajstić information content (AvgIpc) is 2.29. The summed E-state index contributed by atoms with van der Waals surface area (Å²) in [7, 11) is -4.27. The van der Waals surface area contributed by atoms with Gasteiger partial charge in [-0.3, -0.25) is 0 Å². The van der Waals surface area contributed by atoms with E-state index in [-0.39, 0.29) is 10.8 Å². The first-order chi connectivity index (χ1) is 8.31. The van der Waals surface area contributed by atoms with Crippen molar-refractivity contribution in [2.45, 2.75) is 11.8 Å². The Balaban J connectivity index is 0.000000360. The molecule has 0 fully saturated rings. The molecule has 1 rings (SSSR count). The first-order valence-electron chi connectivity index (χ1n) is 4.58. The van der Waals surface area contributed by atoms with Gasteiger partial charge in [-0.25, -0.2) is 8.42 Å². The first-order valence-corrected chi connectivity index (χ1v) is 7.64. The number of aliphatic hydroxyl groups is 1. The van der Waals surface area contributed by atoms with Crippen LogP contribution in [0.5, 0.6) is 0 Å². The Labute approximate surface area is 119 Å². The van der Waals surface area contributed by atoms with Crippen LogP contribution in [0.3, 0.4) is 0 Å². The van der Waals surface area contributed by atoms with E-state index in [0.29, 0.717) is 0 Å². The molecule has 1 aromatic carbocycles. The Hall–Kier alpha value is -1.04. The van der Waals surface area contributed by atoms with Crippen molar-refractivity contribution in [2.75, 3.05) is 0 Å². The van der Waals surface area contributed by atoms with Crippen LogP contribution < -0.4 is 0 Å². The van der Waals surface area contributed by atoms with Crippen molar-refractivity contribution in [1.82, 2.24) is 0 Å². The summed E-state index contributed by atoms with van der Waals surface area (Å²) in [6, 6.07) is 5.78. The molecule has 0 aliphatic rings. The molecule has 0 aliphatic heterocycles. The predicted octanol–water partition coefficient (Wildman–Crippen LogP) is 0.646. The molecule has 1 aromatic rings. The van der Waals surface area contributed by atoms with Gasteiger partial charge in [-0.1, -0.05) is 17.7 Å². The van der Waals surface area contributed by atoms with Gasteiger partial charge >= 0.3 is 54.5 Å². The third-order valence-electron chi connectivity index (χ3n) is 1.64. The van der Waals surface area contributed by atoms with Crippen LogP contribution in [0, 0.1) is 6.92 Å². The van der Waals surface area contributed by atoms with Gasteiger partial charge < -0.3 is 4.55 Å². The summed E-state index contributed by atoms with van der Waals surface area (Å²) < 4.78 is 32.8. The van der Waals surface area contributed by atoms with E-state index in [1.165, 1.54) is 18.2 Å². The number of benzene rings is 1. The topological polar surface area (TPSA) is 110 Å². The Morgan fingerprint density at radius 3 is 2.17 bits per heavy atom. The third kappa shape index (κ3) is 7.32. The molecule has 18 heavy (non-hydrogen) atoms. The molecule has 0 spiro atoms. The maximum absolute atomic E-state index is 10.4. The Morgan fingerprint density at radius 1 is 1.39 bits per heavy atom. The van der Waals surface area contributed by atoms with Gasteiger partial charge in [0.1, 0.15) is 10.1 Å². The molecule has 0 heterocycles. The molecule has 1 radical (unpaired) electrons. The van der Waals surface area contributed by atoms with E-state index in [1.807, 2.05) is 6.92 Å². The summed E-state index contributed by atoms with van der Waals surface area (Å²) in [5, 5.41) is 18.5. The van der Waals surface area contributed by atoms with Gasteiger partial charge in [-0.05, 0) is 19.1 Å². The maximum atomic E-state index is 10.4. The van der Waals surface area contributed by atoms with E-state index in [4.69, 9.17) is 10.3 Å². The molecule has 0 saturated carbocycles. The molecule has 6 nitrogen and oxygen atoms in total. The van der Waals surface area contributed by atoms with Crippen molar-refractivity contribution in [3.63, 3.8) is 0 Å². The van der Waals surface area contributed by atoms with Crippen molar-refractivity contribution in [2.24, 2.45) is 5.16 Å². The van der Waals surface area contributed by atoms with E-state index >= 15 is 0 Å². The van der Waals surface area contributed by atoms with E-state index in [2.05, 4.69) is 5.16 Å². The van der Waals surface area contributed by atoms with Crippen LogP contribution in [0.25, 0.3) is 0 Å². The molecule has 0 unspecified atom stereocenters. The second kappa shape index (κ2) is 8.13. The van der Waals surface area contributed by atoms with Gasteiger partial charge in [0.25, 0.3) is 0 Å². The normalized spacial score (nSPS) is 12.1. The van der Waals surface area contributed by atoms with Crippen molar-refractivity contribution in [1.29, 1.82) is 0 Å². The number of rotatable bonds is 2. The molecule has 8 heteroatoms. The fourth-order valence-electron chi connectivity index (χ4n) is 0.813. The minimum atomic E-state index is -4.27. The quantitative estimate of drug-likeness (QED) is 0.196. The summed E-state index contributed by atoms with van der Waals surface area (Å²) in [4.78, 5) is -0.178. The molecule has 99 valence electrons. The number of hydrogen-bond donors (Lipinski definition) is 2. The molecule has 2 N–H and O–H groups in total. The predicted molar refractivity (Wildman–Crippen MR) is 67.3 cm³/mol. The van der Waals surface area contributed by atoms with Crippen molar-refractivity contribution in [3.05, 3.63) is 39.9 Å².